The molecule has 1 aromatic rings. The number of rotatable bonds is 5. The van der Waals surface area contributed by atoms with Crippen molar-refractivity contribution >= 4 is 33.7 Å². The van der Waals surface area contributed by atoms with Crippen molar-refractivity contribution in [3.05, 3.63) is 22.6 Å². The van der Waals surface area contributed by atoms with Crippen LogP contribution in [0.3, 0.4) is 0 Å². The van der Waals surface area contributed by atoms with Crippen molar-refractivity contribution in [1.29, 1.82) is 0 Å². The minimum Gasteiger partial charge on any atom is -0.466 e. The molecule has 138 valence electrons. The Balaban J connectivity index is 2.56. The van der Waals surface area contributed by atoms with Gasteiger partial charge in [0.25, 0.3) is 0 Å². The van der Waals surface area contributed by atoms with Crippen LogP contribution in [0.2, 0.25) is 0 Å². The zero-order chi connectivity index (χ0) is 18.8. The highest BCUT2D eigenvalue weighted by molar-refractivity contribution is 9.10. The maximum absolute atomic E-state index is 12.6. The van der Waals surface area contributed by atoms with Gasteiger partial charge in [-0.15, -0.1) is 0 Å². The predicted octanol–water partition coefficient (Wildman–Crippen LogP) is 2.21. The van der Waals surface area contributed by atoms with Gasteiger partial charge in [0.15, 0.2) is 10.5 Å². The van der Waals surface area contributed by atoms with Crippen LogP contribution in [0, 0.1) is 11.8 Å². The van der Waals surface area contributed by atoms with Gasteiger partial charge in [0.05, 0.1) is 30.7 Å². The molecule has 25 heavy (non-hydrogen) atoms. The van der Waals surface area contributed by atoms with Crippen LogP contribution in [0.25, 0.3) is 0 Å². The van der Waals surface area contributed by atoms with E-state index in [9.17, 15) is 19.5 Å². The maximum atomic E-state index is 12.6. The van der Waals surface area contributed by atoms with E-state index in [-0.39, 0.29) is 25.4 Å². The number of carbonyl (C=O) groups is 3. The van der Waals surface area contributed by atoms with E-state index >= 15 is 0 Å². The Kier molecular flexibility index (Phi) is 6.05. The van der Waals surface area contributed by atoms with Gasteiger partial charge >= 0.3 is 11.9 Å². The molecule has 1 fully saturated rings. The number of halogens is 1. The Labute approximate surface area is 153 Å². The fourth-order valence-corrected chi connectivity index (χ4v) is 3.65. The molecule has 1 saturated carbocycles. The van der Waals surface area contributed by atoms with Crippen LogP contribution in [0.5, 0.6) is 0 Å². The molecule has 0 unspecified atom stereocenters. The van der Waals surface area contributed by atoms with Gasteiger partial charge in [-0.3, -0.25) is 14.4 Å². The summed E-state index contributed by atoms with van der Waals surface area (Å²) in [5.74, 6) is -5.09. The lowest BCUT2D eigenvalue weighted by Crippen LogP contribution is -2.55. The Morgan fingerprint density at radius 1 is 1.28 bits per heavy atom. The molecule has 0 radical (unpaired) electrons. The summed E-state index contributed by atoms with van der Waals surface area (Å²) < 4.78 is 16.0. The SMILES string of the molecule is CCOC(=O)[C@@H]1C(=O)C[C@](C)(O)[C@H](C(=O)OCC)[C@@H]1c1ccc(Br)o1. The molecule has 0 spiro atoms. The minimum absolute atomic E-state index is 0.0949. The maximum Gasteiger partial charge on any atom is 0.317 e. The highest BCUT2D eigenvalue weighted by atomic mass is 79.9. The molecule has 7 nitrogen and oxygen atoms in total. The second kappa shape index (κ2) is 7.70. The zero-order valence-corrected chi connectivity index (χ0v) is 15.9. The predicted molar refractivity (Wildman–Crippen MR) is 89.6 cm³/mol. The molecule has 8 heteroatoms. The number of ether oxygens (including phenoxy) is 2. The van der Waals surface area contributed by atoms with E-state index in [0.29, 0.717) is 4.67 Å². The van der Waals surface area contributed by atoms with Crippen LogP contribution in [0.15, 0.2) is 21.2 Å². The molecule has 0 saturated heterocycles. The van der Waals surface area contributed by atoms with Crippen molar-refractivity contribution in [2.24, 2.45) is 11.8 Å². The summed E-state index contributed by atoms with van der Waals surface area (Å²) in [4.78, 5) is 37.5. The van der Waals surface area contributed by atoms with Gasteiger partial charge in [-0.05, 0) is 48.8 Å². The molecule has 0 amide bonds. The number of aliphatic hydroxyl groups is 1. The first-order chi connectivity index (χ1) is 11.7. The van der Waals surface area contributed by atoms with Crippen LogP contribution < -0.4 is 0 Å². The largest absolute Gasteiger partial charge is 0.466 e. The Bertz CT molecular complexity index is 664. The summed E-state index contributed by atoms with van der Waals surface area (Å²) in [6.45, 7) is 4.86. The molecular formula is C17H21BrO7. The van der Waals surface area contributed by atoms with Crippen LogP contribution in [0.4, 0.5) is 0 Å². The van der Waals surface area contributed by atoms with E-state index in [1.165, 1.54) is 6.92 Å². The lowest BCUT2D eigenvalue weighted by molar-refractivity contribution is -0.173. The van der Waals surface area contributed by atoms with Crippen molar-refractivity contribution in [1.82, 2.24) is 0 Å². The second-order valence-electron chi connectivity index (χ2n) is 6.13. The number of ketones is 1. The minimum atomic E-state index is -1.67. The van der Waals surface area contributed by atoms with E-state index in [1.54, 1.807) is 26.0 Å². The molecular weight excluding hydrogens is 396 g/mol. The summed E-state index contributed by atoms with van der Waals surface area (Å²) in [6.07, 6.45) is -0.349. The molecule has 1 heterocycles. The van der Waals surface area contributed by atoms with Gasteiger partial charge in [0.1, 0.15) is 11.7 Å². The van der Waals surface area contributed by atoms with Gasteiger partial charge in [0.2, 0.25) is 0 Å². The normalized spacial score (nSPS) is 29.3. The van der Waals surface area contributed by atoms with Crippen LogP contribution in [-0.4, -0.2) is 41.6 Å². The summed E-state index contributed by atoms with van der Waals surface area (Å²) in [5.41, 5.74) is -1.67. The van der Waals surface area contributed by atoms with Crippen molar-refractivity contribution in [3.8, 4) is 0 Å². The summed E-state index contributed by atoms with van der Waals surface area (Å²) >= 11 is 3.17. The smallest absolute Gasteiger partial charge is 0.317 e. The van der Waals surface area contributed by atoms with Crippen LogP contribution in [0.1, 0.15) is 38.9 Å². The summed E-state index contributed by atoms with van der Waals surface area (Å²) in [7, 11) is 0. The topological polar surface area (TPSA) is 103 Å². The third-order valence-corrected chi connectivity index (χ3v) is 4.70. The molecule has 0 aromatic carbocycles. The van der Waals surface area contributed by atoms with Crippen molar-refractivity contribution in [2.75, 3.05) is 13.2 Å². The second-order valence-corrected chi connectivity index (χ2v) is 6.91. The van der Waals surface area contributed by atoms with Gasteiger partial charge in [0, 0.05) is 6.42 Å². The van der Waals surface area contributed by atoms with Crippen LogP contribution in [-0.2, 0) is 23.9 Å². The van der Waals surface area contributed by atoms with E-state index < -0.39 is 41.1 Å². The van der Waals surface area contributed by atoms with E-state index in [2.05, 4.69) is 15.9 Å². The number of carbonyl (C=O) groups excluding carboxylic acids is 3. The molecule has 4 atom stereocenters. The Morgan fingerprint density at radius 2 is 1.88 bits per heavy atom. The molecule has 1 aliphatic carbocycles. The standard InChI is InChI=1S/C17H21BrO7/c1-4-23-15(20)12-9(19)8-17(3,22)14(16(21)24-5-2)13(12)10-6-7-11(18)25-10/h6-7,12-14,22H,4-5,8H2,1-3H3/t12-,13-,14+,17+/m1/s1. The summed E-state index contributed by atoms with van der Waals surface area (Å²) in [5, 5.41) is 10.7. The van der Waals surface area contributed by atoms with Gasteiger partial charge in [-0.25, -0.2) is 0 Å². The average Bonchev–Trinajstić information content (AvgIpc) is 2.92. The van der Waals surface area contributed by atoms with Crippen molar-refractivity contribution in [2.45, 2.75) is 38.7 Å². The first kappa shape index (κ1) is 19.7. The average molecular weight is 417 g/mol. The van der Waals surface area contributed by atoms with E-state index in [0.717, 1.165) is 0 Å². The van der Waals surface area contributed by atoms with E-state index in [4.69, 9.17) is 13.9 Å². The van der Waals surface area contributed by atoms with Crippen molar-refractivity contribution in [3.63, 3.8) is 0 Å². The molecule has 0 aliphatic heterocycles. The molecule has 1 N–H and O–H groups in total. The fraction of sp³-hybridized carbons (Fsp3) is 0.588. The lowest BCUT2D eigenvalue weighted by Gasteiger charge is -2.42. The van der Waals surface area contributed by atoms with Crippen molar-refractivity contribution < 1.29 is 33.4 Å². The Hall–Kier alpha value is -1.67. The first-order valence-corrected chi connectivity index (χ1v) is 8.85. The molecule has 2 rings (SSSR count). The molecule has 1 aliphatic rings. The third-order valence-electron chi connectivity index (χ3n) is 4.27. The number of Topliss-reactive ketones (excluding diaryl/α,β-unsaturated/α-hetero) is 1. The van der Waals surface area contributed by atoms with Gasteiger partial charge in [-0.2, -0.15) is 0 Å². The Morgan fingerprint density at radius 3 is 2.40 bits per heavy atom. The quantitative estimate of drug-likeness (QED) is 0.579. The number of hydrogen-bond acceptors (Lipinski definition) is 7. The fourth-order valence-electron chi connectivity index (χ4n) is 3.33. The highest BCUT2D eigenvalue weighted by Gasteiger charge is 2.58. The monoisotopic (exact) mass is 416 g/mol. The third kappa shape index (κ3) is 3.95. The number of esters is 2. The van der Waals surface area contributed by atoms with Gasteiger partial charge < -0.3 is 19.0 Å². The zero-order valence-electron chi connectivity index (χ0n) is 14.3. The first-order valence-electron chi connectivity index (χ1n) is 8.06. The lowest BCUT2D eigenvalue weighted by atomic mass is 9.63. The highest BCUT2D eigenvalue weighted by Crippen LogP contribution is 2.47. The number of hydrogen-bond donors (Lipinski definition) is 1. The number of furan rings is 1. The van der Waals surface area contributed by atoms with Crippen LogP contribution >= 0.6 is 15.9 Å². The van der Waals surface area contributed by atoms with E-state index in [1.807, 2.05) is 0 Å². The van der Waals surface area contributed by atoms with Gasteiger partial charge in [-0.1, -0.05) is 0 Å². The molecule has 1 aromatic heterocycles. The summed E-state index contributed by atoms with van der Waals surface area (Å²) in [6, 6.07) is 3.15. The molecule has 0 bridgehead atoms.